The highest BCUT2D eigenvalue weighted by Gasteiger charge is 2.35. The molecule has 0 aromatic heterocycles. The number of rotatable bonds is 4. The molecule has 0 amide bonds. The summed E-state index contributed by atoms with van der Waals surface area (Å²) in [6.07, 6.45) is 1.16. The van der Waals surface area contributed by atoms with E-state index in [9.17, 15) is 23.1 Å². The Kier molecular flexibility index (Phi) is 4.41. The second-order valence-corrected chi connectivity index (χ2v) is 5.41. The summed E-state index contributed by atoms with van der Waals surface area (Å²) in [4.78, 5) is 10.8. The molecule has 7 heteroatoms. The van der Waals surface area contributed by atoms with E-state index in [2.05, 4.69) is 5.32 Å². The molecule has 116 valence electrons. The van der Waals surface area contributed by atoms with E-state index in [1.807, 2.05) is 0 Å². The van der Waals surface area contributed by atoms with Gasteiger partial charge in [-0.05, 0) is 37.8 Å². The molecule has 0 spiro atoms. The molecule has 21 heavy (non-hydrogen) atoms. The summed E-state index contributed by atoms with van der Waals surface area (Å²) in [6, 6.07) is 1.85. The Balaban J connectivity index is 1.97. The minimum absolute atomic E-state index is 0.0542. The fraction of sp³-hybridized carbons (Fsp3) is 0.500. The van der Waals surface area contributed by atoms with Crippen molar-refractivity contribution < 1.29 is 28.2 Å². The van der Waals surface area contributed by atoms with Crippen molar-refractivity contribution in [2.45, 2.75) is 31.3 Å². The number of halogens is 3. The van der Waals surface area contributed by atoms with Crippen LogP contribution in [0.25, 0.3) is 0 Å². The van der Waals surface area contributed by atoms with Crippen molar-refractivity contribution in [3.63, 3.8) is 0 Å². The Labute approximate surface area is 119 Å². The first-order valence-electron chi connectivity index (χ1n) is 6.65. The van der Waals surface area contributed by atoms with Gasteiger partial charge in [0.15, 0.2) is 17.5 Å². The van der Waals surface area contributed by atoms with Gasteiger partial charge in [0.1, 0.15) is 0 Å². The molecule has 0 heterocycles. The zero-order valence-electron chi connectivity index (χ0n) is 11.2. The molecule has 0 bridgehead atoms. The van der Waals surface area contributed by atoms with Gasteiger partial charge in [-0.15, -0.1) is 0 Å². The fourth-order valence-corrected chi connectivity index (χ4v) is 2.50. The zero-order valence-corrected chi connectivity index (χ0v) is 11.2. The molecule has 4 nitrogen and oxygen atoms in total. The van der Waals surface area contributed by atoms with E-state index in [4.69, 9.17) is 5.11 Å². The van der Waals surface area contributed by atoms with Crippen molar-refractivity contribution >= 4 is 11.7 Å². The van der Waals surface area contributed by atoms with E-state index in [-0.39, 0.29) is 25.1 Å². The summed E-state index contributed by atoms with van der Waals surface area (Å²) in [7, 11) is 0. The Morgan fingerprint density at radius 1 is 1.24 bits per heavy atom. The molecule has 0 atom stereocenters. The Morgan fingerprint density at radius 2 is 1.86 bits per heavy atom. The number of anilines is 1. The third-order valence-electron chi connectivity index (χ3n) is 3.91. The van der Waals surface area contributed by atoms with Crippen LogP contribution in [0.15, 0.2) is 12.1 Å². The first-order valence-corrected chi connectivity index (χ1v) is 6.65. The van der Waals surface area contributed by atoms with Crippen LogP contribution < -0.4 is 5.32 Å². The molecule has 1 aromatic rings. The summed E-state index contributed by atoms with van der Waals surface area (Å²) >= 11 is 0. The van der Waals surface area contributed by atoms with E-state index in [1.54, 1.807) is 0 Å². The van der Waals surface area contributed by atoms with Gasteiger partial charge in [-0.25, -0.2) is 13.2 Å². The van der Waals surface area contributed by atoms with Gasteiger partial charge in [-0.1, -0.05) is 0 Å². The minimum atomic E-state index is -1.57. The second-order valence-electron chi connectivity index (χ2n) is 5.41. The Bertz CT molecular complexity index is 543. The van der Waals surface area contributed by atoms with Crippen LogP contribution in [-0.4, -0.2) is 28.3 Å². The van der Waals surface area contributed by atoms with E-state index < -0.39 is 34.9 Å². The van der Waals surface area contributed by atoms with Crippen LogP contribution in [0, 0.1) is 23.4 Å². The average Bonchev–Trinajstić information content (AvgIpc) is 2.44. The van der Waals surface area contributed by atoms with Crippen LogP contribution in [-0.2, 0) is 4.79 Å². The maximum absolute atomic E-state index is 13.5. The van der Waals surface area contributed by atoms with Crippen LogP contribution in [0.3, 0.4) is 0 Å². The molecule has 0 radical (unpaired) electrons. The average molecular weight is 303 g/mol. The van der Waals surface area contributed by atoms with Gasteiger partial charge in [0.25, 0.3) is 0 Å². The fourth-order valence-electron chi connectivity index (χ4n) is 2.50. The van der Waals surface area contributed by atoms with Crippen LogP contribution in [0.2, 0.25) is 0 Å². The number of hydrogen-bond acceptors (Lipinski definition) is 3. The highest BCUT2D eigenvalue weighted by molar-refractivity contribution is 5.70. The first kappa shape index (κ1) is 15.6. The maximum atomic E-state index is 13.5. The molecule has 2 rings (SSSR count). The van der Waals surface area contributed by atoms with Crippen molar-refractivity contribution in [1.29, 1.82) is 0 Å². The van der Waals surface area contributed by atoms with E-state index in [0.29, 0.717) is 12.8 Å². The molecular weight excluding hydrogens is 287 g/mol. The minimum Gasteiger partial charge on any atom is -0.481 e. The van der Waals surface area contributed by atoms with Crippen LogP contribution >= 0.6 is 0 Å². The number of aliphatic carboxylic acids is 1. The number of carboxylic acids is 1. The third-order valence-corrected chi connectivity index (χ3v) is 3.91. The number of benzene rings is 1. The summed E-state index contributed by atoms with van der Waals surface area (Å²) in [5.74, 6) is -5.56. The highest BCUT2D eigenvalue weighted by Crippen LogP contribution is 2.33. The summed E-state index contributed by atoms with van der Waals surface area (Å²) < 4.78 is 39.3. The third kappa shape index (κ3) is 3.47. The lowest BCUT2D eigenvalue weighted by Crippen LogP contribution is -2.42. The van der Waals surface area contributed by atoms with Crippen molar-refractivity contribution in [3.8, 4) is 0 Å². The lowest BCUT2D eigenvalue weighted by atomic mass is 9.79. The van der Waals surface area contributed by atoms with Crippen molar-refractivity contribution in [2.75, 3.05) is 11.9 Å². The van der Waals surface area contributed by atoms with Crippen LogP contribution in [0.4, 0.5) is 18.9 Å². The highest BCUT2D eigenvalue weighted by atomic mass is 19.2. The molecule has 1 saturated carbocycles. The Morgan fingerprint density at radius 3 is 2.43 bits per heavy atom. The van der Waals surface area contributed by atoms with Crippen molar-refractivity contribution in [1.82, 2.24) is 0 Å². The van der Waals surface area contributed by atoms with Gasteiger partial charge in [-0.3, -0.25) is 4.79 Å². The molecular formula is C14H16F3NO3. The van der Waals surface area contributed by atoms with E-state index in [0.717, 1.165) is 12.1 Å². The SMILES string of the molecule is O=C(O)C1CCC(O)(CNc2ccc(F)c(F)c2F)CC1. The monoisotopic (exact) mass is 303 g/mol. The zero-order chi connectivity index (χ0) is 15.6. The summed E-state index contributed by atoms with van der Waals surface area (Å²) in [6.45, 7) is -0.0542. The largest absolute Gasteiger partial charge is 0.481 e. The van der Waals surface area contributed by atoms with Gasteiger partial charge >= 0.3 is 5.97 Å². The van der Waals surface area contributed by atoms with Gasteiger partial charge in [0.2, 0.25) is 0 Å². The van der Waals surface area contributed by atoms with Gasteiger partial charge in [0.05, 0.1) is 17.2 Å². The molecule has 1 aliphatic carbocycles. The molecule has 1 aromatic carbocycles. The number of aliphatic hydroxyl groups is 1. The normalized spacial score (nSPS) is 25.6. The number of nitrogens with one attached hydrogen (secondary N) is 1. The van der Waals surface area contributed by atoms with Crippen molar-refractivity contribution in [3.05, 3.63) is 29.6 Å². The molecule has 1 fully saturated rings. The van der Waals surface area contributed by atoms with Crippen LogP contribution in [0.1, 0.15) is 25.7 Å². The number of carbonyl (C=O) groups is 1. The first-order chi connectivity index (χ1) is 9.82. The Hall–Kier alpha value is -1.76. The van der Waals surface area contributed by atoms with E-state index >= 15 is 0 Å². The quantitative estimate of drug-likeness (QED) is 0.748. The van der Waals surface area contributed by atoms with Gasteiger partial charge < -0.3 is 15.5 Å². The molecule has 3 N–H and O–H groups in total. The lowest BCUT2D eigenvalue weighted by Gasteiger charge is -2.35. The number of hydrogen-bond donors (Lipinski definition) is 3. The predicted octanol–water partition coefficient (Wildman–Crippen LogP) is 2.52. The summed E-state index contributed by atoms with van der Waals surface area (Å²) in [5.41, 5.74) is -1.41. The summed E-state index contributed by atoms with van der Waals surface area (Å²) in [5, 5.41) is 21.7. The molecule has 1 aliphatic rings. The molecule has 0 unspecified atom stereocenters. The van der Waals surface area contributed by atoms with Gasteiger partial charge in [0, 0.05) is 6.54 Å². The van der Waals surface area contributed by atoms with Crippen molar-refractivity contribution in [2.24, 2.45) is 5.92 Å². The topological polar surface area (TPSA) is 69.6 Å². The smallest absolute Gasteiger partial charge is 0.306 e. The lowest BCUT2D eigenvalue weighted by molar-refractivity contribution is -0.144. The van der Waals surface area contributed by atoms with Crippen LogP contribution in [0.5, 0.6) is 0 Å². The molecule has 0 aliphatic heterocycles. The predicted molar refractivity (Wildman–Crippen MR) is 69.3 cm³/mol. The maximum Gasteiger partial charge on any atom is 0.306 e. The standard InChI is InChI=1S/C14H16F3NO3/c15-9-1-2-10(12(17)11(9)16)18-7-14(21)5-3-8(4-6-14)13(19)20/h1-2,8,18,21H,3-7H2,(H,19,20). The second kappa shape index (κ2) is 5.93. The number of carboxylic acid groups (broad SMARTS) is 1. The molecule has 0 saturated heterocycles. The van der Waals surface area contributed by atoms with E-state index in [1.165, 1.54) is 0 Å². The van der Waals surface area contributed by atoms with Gasteiger partial charge in [-0.2, -0.15) is 0 Å².